The van der Waals surface area contributed by atoms with E-state index in [2.05, 4.69) is 31.0 Å². The van der Waals surface area contributed by atoms with E-state index in [-0.39, 0.29) is 0 Å². The molecule has 0 spiro atoms. The van der Waals surface area contributed by atoms with Gasteiger partial charge in [0.1, 0.15) is 6.33 Å². The molecule has 0 saturated carbocycles. The van der Waals surface area contributed by atoms with Crippen molar-refractivity contribution < 1.29 is 0 Å². The van der Waals surface area contributed by atoms with E-state index in [9.17, 15) is 0 Å². The van der Waals surface area contributed by atoms with Gasteiger partial charge in [0.25, 0.3) is 0 Å². The number of nitrogens with one attached hydrogen (secondary N) is 2. The summed E-state index contributed by atoms with van der Waals surface area (Å²) in [5.74, 6) is 5.81. The highest BCUT2D eigenvalue weighted by atomic mass is 15.4. The first-order valence-electron chi connectivity index (χ1n) is 5.02. The summed E-state index contributed by atoms with van der Waals surface area (Å²) in [6.07, 6.45) is 2.40. The third kappa shape index (κ3) is 1.92. The van der Waals surface area contributed by atoms with Crippen molar-refractivity contribution in [1.82, 2.24) is 30.3 Å². The minimum Gasteiger partial charge on any atom is -0.320 e. The Morgan fingerprint density at radius 2 is 2.31 bits per heavy atom. The molecule has 0 unspecified atom stereocenters. The molecule has 0 radical (unpaired) electrons. The SMILES string of the molecule is CNCCCn1nnc2c(NN)ncnc21. The summed E-state index contributed by atoms with van der Waals surface area (Å²) in [5.41, 5.74) is 3.76. The average Bonchev–Trinajstić information content (AvgIpc) is 2.73. The second-order valence-electron chi connectivity index (χ2n) is 3.31. The third-order valence-corrected chi connectivity index (χ3v) is 2.23. The highest BCUT2D eigenvalue weighted by Gasteiger charge is 2.09. The Kier molecular flexibility index (Phi) is 3.22. The van der Waals surface area contributed by atoms with Crippen LogP contribution in [0.15, 0.2) is 6.33 Å². The lowest BCUT2D eigenvalue weighted by atomic mass is 10.4. The van der Waals surface area contributed by atoms with Gasteiger partial charge in [-0.3, -0.25) is 0 Å². The number of anilines is 1. The molecule has 0 aromatic carbocycles. The van der Waals surface area contributed by atoms with E-state index in [0.29, 0.717) is 17.0 Å². The lowest BCUT2D eigenvalue weighted by Crippen LogP contribution is -2.12. The number of nitrogen functional groups attached to an aromatic ring is 1. The fourth-order valence-corrected chi connectivity index (χ4v) is 1.45. The van der Waals surface area contributed by atoms with Gasteiger partial charge in [0.15, 0.2) is 17.0 Å². The van der Waals surface area contributed by atoms with E-state index in [1.807, 2.05) is 7.05 Å². The number of hydrogen-bond donors (Lipinski definition) is 3. The summed E-state index contributed by atoms with van der Waals surface area (Å²) in [6.45, 7) is 1.69. The fraction of sp³-hybridized carbons (Fsp3) is 0.500. The standard InChI is InChI=1S/C8H14N8/c1-10-3-2-4-16-8-6(14-15-16)7(13-9)11-5-12-8/h5,10H,2-4,9H2,1H3,(H,11,12,13). The van der Waals surface area contributed by atoms with Gasteiger partial charge in [-0.2, -0.15) is 0 Å². The highest BCUT2D eigenvalue weighted by Crippen LogP contribution is 2.14. The van der Waals surface area contributed by atoms with Crippen LogP contribution in [-0.4, -0.2) is 38.6 Å². The molecule has 4 N–H and O–H groups in total. The van der Waals surface area contributed by atoms with E-state index in [1.54, 1.807) is 4.68 Å². The topological polar surface area (TPSA) is 107 Å². The average molecular weight is 222 g/mol. The molecule has 86 valence electrons. The minimum absolute atomic E-state index is 0.491. The number of aromatic nitrogens is 5. The molecule has 0 fully saturated rings. The summed E-state index contributed by atoms with van der Waals surface area (Å²) >= 11 is 0. The van der Waals surface area contributed by atoms with Crippen LogP contribution in [0.1, 0.15) is 6.42 Å². The monoisotopic (exact) mass is 222 g/mol. The predicted octanol–water partition coefficient (Wildman–Crippen LogP) is -0.884. The van der Waals surface area contributed by atoms with Gasteiger partial charge in [-0.25, -0.2) is 20.5 Å². The Labute approximate surface area is 92.2 Å². The number of aryl methyl sites for hydroxylation is 1. The molecule has 2 aromatic rings. The Balaban J connectivity index is 2.27. The summed E-state index contributed by atoms with van der Waals surface area (Å²) in [5, 5.41) is 11.1. The van der Waals surface area contributed by atoms with E-state index in [1.165, 1.54) is 6.33 Å². The van der Waals surface area contributed by atoms with Crippen LogP contribution >= 0.6 is 0 Å². The molecule has 0 aliphatic rings. The van der Waals surface area contributed by atoms with E-state index in [4.69, 9.17) is 5.84 Å². The zero-order chi connectivity index (χ0) is 11.4. The number of fused-ring (bicyclic) bond motifs is 1. The smallest absolute Gasteiger partial charge is 0.183 e. The summed E-state index contributed by atoms with van der Waals surface area (Å²) in [6, 6.07) is 0. The molecule has 0 aliphatic carbocycles. The van der Waals surface area contributed by atoms with Gasteiger partial charge < -0.3 is 10.7 Å². The van der Waals surface area contributed by atoms with Crippen molar-refractivity contribution in [2.75, 3.05) is 19.0 Å². The largest absolute Gasteiger partial charge is 0.320 e. The zero-order valence-electron chi connectivity index (χ0n) is 9.01. The van der Waals surface area contributed by atoms with Crippen molar-refractivity contribution in [3.63, 3.8) is 0 Å². The number of rotatable bonds is 5. The van der Waals surface area contributed by atoms with Gasteiger partial charge in [0.05, 0.1) is 0 Å². The molecule has 0 amide bonds. The first kappa shape index (κ1) is 10.7. The Morgan fingerprint density at radius 3 is 3.06 bits per heavy atom. The fourth-order valence-electron chi connectivity index (χ4n) is 1.45. The summed E-state index contributed by atoms with van der Waals surface area (Å²) in [7, 11) is 1.91. The molecule has 0 atom stereocenters. The molecular formula is C8H14N8. The summed E-state index contributed by atoms with van der Waals surface area (Å²) < 4.78 is 1.75. The van der Waals surface area contributed by atoms with Crippen LogP contribution in [-0.2, 0) is 6.54 Å². The lowest BCUT2D eigenvalue weighted by Gasteiger charge is -2.01. The molecule has 2 heterocycles. The molecule has 2 rings (SSSR count). The van der Waals surface area contributed by atoms with Crippen LogP contribution in [0.25, 0.3) is 11.2 Å². The Hall–Kier alpha value is -1.80. The molecule has 2 aromatic heterocycles. The first-order valence-corrected chi connectivity index (χ1v) is 5.02. The number of hydrazine groups is 1. The maximum Gasteiger partial charge on any atom is 0.183 e. The van der Waals surface area contributed by atoms with Crippen LogP contribution in [0.2, 0.25) is 0 Å². The van der Waals surface area contributed by atoms with Crippen molar-refractivity contribution in [2.45, 2.75) is 13.0 Å². The van der Waals surface area contributed by atoms with Gasteiger partial charge in [0.2, 0.25) is 0 Å². The summed E-state index contributed by atoms with van der Waals surface area (Å²) in [4.78, 5) is 8.10. The zero-order valence-corrected chi connectivity index (χ0v) is 9.01. The van der Waals surface area contributed by atoms with Crippen LogP contribution in [0, 0.1) is 0 Å². The Morgan fingerprint density at radius 1 is 1.44 bits per heavy atom. The van der Waals surface area contributed by atoms with Crippen LogP contribution < -0.4 is 16.6 Å². The van der Waals surface area contributed by atoms with Crippen molar-refractivity contribution >= 4 is 17.0 Å². The van der Waals surface area contributed by atoms with Gasteiger partial charge in [-0.05, 0) is 20.0 Å². The molecule has 0 bridgehead atoms. The van der Waals surface area contributed by atoms with E-state index in [0.717, 1.165) is 19.5 Å². The van der Waals surface area contributed by atoms with Crippen LogP contribution in [0.3, 0.4) is 0 Å². The second kappa shape index (κ2) is 4.81. The number of hydrogen-bond acceptors (Lipinski definition) is 7. The first-order chi connectivity index (χ1) is 7.86. The van der Waals surface area contributed by atoms with Gasteiger partial charge in [-0.15, -0.1) is 5.10 Å². The molecule has 8 nitrogen and oxygen atoms in total. The molecule has 0 aliphatic heterocycles. The quantitative estimate of drug-likeness (QED) is 0.342. The molecule has 8 heteroatoms. The van der Waals surface area contributed by atoms with Gasteiger partial charge >= 0.3 is 0 Å². The molecular weight excluding hydrogens is 208 g/mol. The Bertz CT molecular complexity index is 464. The van der Waals surface area contributed by atoms with Crippen molar-refractivity contribution in [2.24, 2.45) is 5.84 Å². The highest BCUT2D eigenvalue weighted by molar-refractivity contribution is 5.81. The number of nitrogens with zero attached hydrogens (tertiary/aromatic N) is 5. The van der Waals surface area contributed by atoms with Crippen molar-refractivity contribution in [3.8, 4) is 0 Å². The predicted molar refractivity (Wildman–Crippen MR) is 59.5 cm³/mol. The minimum atomic E-state index is 0.491. The van der Waals surface area contributed by atoms with Crippen LogP contribution in [0.5, 0.6) is 0 Å². The maximum absolute atomic E-state index is 5.32. The maximum atomic E-state index is 5.32. The normalized spacial score (nSPS) is 10.9. The van der Waals surface area contributed by atoms with Gasteiger partial charge in [0, 0.05) is 6.54 Å². The van der Waals surface area contributed by atoms with Crippen molar-refractivity contribution in [1.29, 1.82) is 0 Å². The van der Waals surface area contributed by atoms with E-state index < -0.39 is 0 Å². The third-order valence-electron chi connectivity index (χ3n) is 2.23. The van der Waals surface area contributed by atoms with Gasteiger partial charge in [-0.1, -0.05) is 5.21 Å². The lowest BCUT2D eigenvalue weighted by molar-refractivity contribution is 0.555. The van der Waals surface area contributed by atoms with Crippen molar-refractivity contribution in [3.05, 3.63) is 6.33 Å². The second-order valence-corrected chi connectivity index (χ2v) is 3.31. The van der Waals surface area contributed by atoms with E-state index >= 15 is 0 Å². The number of nitrogens with two attached hydrogens (primary N) is 1. The molecule has 0 saturated heterocycles. The van der Waals surface area contributed by atoms with Crippen LogP contribution in [0.4, 0.5) is 5.82 Å². The molecule has 16 heavy (non-hydrogen) atoms.